The molecule has 2 aromatic carbocycles. The first-order valence-electron chi connectivity index (χ1n) is 10.0. The Labute approximate surface area is 170 Å². The molecule has 2 aromatic rings. The number of aryl methyl sites for hydroxylation is 1. The molecule has 1 spiro atoms. The summed E-state index contributed by atoms with van der Waals surface area (Å²) in [5.74, 6) is 0.480. The van der Waals surface area contributed by atoms with Crippen molar-refractivity contribution in [3.05, 3.63) is 64.7 Å². The van der Waals surface area contributed by atoms with E-state index in [1.807, 2.05) is 36.4 Å². The Hall–Kier alpha value is -2.86. The zero-order valence-electron chi connectivity index (χ0n) is 16.6. The fourth-order valence-electron chi connectivity index (χ4n) is 4.40. The van der Waals surface area contributed by atoms with E-state index in [-0.39, 0.29) is 17.9 Å². The lowest BCUT2D eigenvalue weighted by Gasteiger charge is -2.32. The van der Waals surface area contributed by atoms with Gasteiger partial charge in [0.25, 0.3) is 5.91 Å². The minimum Gasteiger partial charge on any atom is -0.497 e. The van der Waals surface area contributed by atoms with E-state index in [0.29, 0.717) is 18.4 Å². The molecule has 29 heavy (non-hydrogen) atoms. The molecule has 2 amide bonds. The van der Waals surface area contributed by atoms with Crippen molar-refractivity contribution in [1.82, 2.24) is 10.4 Å². The fourth-order valence-corrected chi connectivity index (χ4v) is 4.40. The van der Waals surface area contributed by atoms with Crippen molar-refractivity contribution in [1.29, 1.82) is 0 Å². The van der Waals surface area contributed by atoms with Crippen molar-refractivity contribution in [2.45, 2.75) is 32.1 Å². The molecule has 1 aliphatic heterocycles. The molecular weight excluding hydrogens is 368 g/mol. The molecule has 1 aliphatic carbocycles. The third-order valence-corrected chi connectivity index (χ3v) is 6.23. The number of nitrogens with one attached hydrogen (secondary N) is 1. The molecule has 0 aromatic heterocycles. The molecule has 2 N–H and O–H groups in total. The Kier molecular flexibility index (Phi) is 5.28. The number of carbonyl (C=O) groups is 2. The molecule has 6 nitrogen and oxygen atoms in total. The summed E-state index contributed by atoms with van der Waals surface area (Å²) in [5, 5.41) is 14.0. The SMILES string of the molecule is COc1ccc(CCN(O)C(=O)c2ccc3c(c2)CC2(CCNC2=O)CC3)cc1. The number of hydroxylamine groups is 2. The highest BCUT2D eigenvalue weighted by Gasteiger charge is 2.44. The molecule has 1 atom stereocenters. The van der Waals surface area contributed by atoms with Crippen LogP contribution in [0.25, 0.3) is 0 Å². The zero-order valence-corrected chi connectivity index (χ0v) is 16.6. The first kappa shape index (κ1) is 19.5. The van der Waals surface area contributed by atoms with E-state index in [1.54, 1.807) is 13.2 Å². The molecule has 1 unspecified atom stereocenters. The van der Waals surface area contributed by atoms with Gasteiger partial charge in [-0.25, -0.2) is 5.06 Å². The first-order chi connectivity index (χ1) is 14.0. The maximum absolute atomic E-state index is 12.7. The number of carbonyl (C=O) groups excluding carboxylic acids is 2. The number of rotatable bonds is 5. The Morgan fingerprint density at radius 1 is 1.17 bits per heavy atom. The van der Waals surface area contributed by atoms with Gasteiger partial charge in [-0.15, -0.1) is 0 Å². The van der Waals surface area contributed by atoms with E-state index in [2.05, 4.69) is 5.32 Å². The van der Waals surface area contributed by atoms with Crippen molar-refractivity contribution in [3.63, 3.8) is 0 Å². The maximum Gasteiger partial charge on any atom is 0.277 e. The molecule has 0 saturated carbocycles. The quantitative estimate of drug-likeness (QED) is 0.604. The zero-order chi connectivity index (χ0) is 20.4. The summed E-state index contributed by atoms with van der Waals surface area (Å²) < 4.78 is 5.14. The van der Waals surface area contributed by atoms with Crippen LogP contribution in [0.5, 0.6) is 5.75 Å². The second-order valence-corrected chi connectivity index (χ2v) is 7.97. The van der Waals surface area contributed by atoms with Gasteiger partial charge in [0.05, 0.1) is 19.1 Å². The number of methoxy groups -OCH3 is 1. The molecule has 0 radical (unpaired) electrons. The van der Waals surface area contributed by atoms with Gasteiger partial charge in [0.1, 0.15) is 5.75 Å². The highest BCUT2D eigenvalue weighted by Crippen LogP contribution is 2.41. The summed E-state index contributed by atoms with van der Waals surface area (Å²) in [7, 11) is 1.61. The number of amides is 2. The topological polar surface area (TPSA) is 78.9 Å². The molecule has 2 aliphatic rings. The van der Waals surface area contributed by atoms with Crippen molar-refractivity contribution in [2.24, 2.45) is 5.41 Å². The third-order valence-electron chi connectivity index (χ3n) is 6.23. The summed E-state index contributed by atoms with van der Waals surface area (Å²) in [6.07, 6.45) is 3.75. The average molecular weight is 394 g/mol. The predicted molar refractivity (Wildman–Crippen MR) is 108 cm³/mol. The monoisotopic (exact) mass is 394 g/mol. The van der Waals surface area contributed by atoms with Gasteiger partial charge >= 0.3 is 0 Å². The minimum absolute atomic E-state index is 0.128. The van der Waals surface area contributed by atoms with Crippen LogP contribution < -0.4 is 10.1 Å². The average Bonchev–Trinajstić information content (AvgIpc) is 3.10. The smallest absolute Gasteiger partial charge is 0.277 e. The molecular formula is C23H26N2O4. The van der Waals surface area contributed by atoms with E-state index in [9.17, 15) is 14.8 Å². The van der Waals surface area contributed by atoms with Gasteiger partial charge < -0.3 is 10.1 Å². The third kappa shape index (κ3) is 3.85. The predicted octanol–water partition coefficient (Wildman–Crippen LogP) is 2.76. The van der Waals surface area contributed by atoms with Gasteiger partial charge in [0.2, 0.25) is 5.91 Å². The van der Waals surface area contributed by atoms with Gasteiger partial charge in [-0.3, -0.25) is 14.8 Å². The molecule has 1 saturated heterocycles. The molecule has 4 rings (SSSR count). The lowest BCUT2D eigenvalue weighted by molar-refractivity contribution is -0.128. The minimum atomic E-state index is -0.420. The van der Waals surface area contributed by atoms with Crippen molar-refractivity contribution in [3.8, 4) is 5.75 Å². The van der Waals surface area contributed by atoms with Crippen LogP contribution in [0.3, 0.4) is 0 Å². The lowest BCUT2D eigenvalue weighted by atomic mass is 9.70. The number of nitrogens with zero attached hydrogens (tertiary/aromatic N) is 1. The highest BCUT2D eigenvalue weighted by atomic mass is 16.5. The normalized spacial score (nSPS) is 20.3. The summed E-state index contributed by atoms with van der Waals surface area (Å²) in [4.78, 5) is 25.0. The summed E-state index contributed by atoms with van der Waals surface area (Å²) >= 11 is 0. The number of fused-ring (bicyclic) bond motifs is 1. The Morgan fingerprint density at radius 2 is 1.97 bits per heavy atom. The molecule has 1 heterocycles. The molecule has 6 heteroatoms. The van der Waals surface area contributed by atoms with Crippen molar-refractivity contribution >= 4 is 11.8 Å². The number of benzene rings is 2. The largest absolute Gasteiger partial charge is 0.497 e. The van der Waals surface area contributed by atoms with E-state index in [0.717, 1.165) is 47.7 Å². The fraction of sp³-hybridized carbons (Fsp3) is 0.391. The second kappa shape index (κ2) is 7.87. The summed E-state index contributed by atoms with van der Waals surface area (Å²) in [5.41, 5.74) is 3.37. The van der Waals surface area contributed by atoms with Crippen LogP contribution in [0.4, 0.5) is 0 Å². The van der Waals surface area contributed by atoms with Crippen LogP contribution >= 0.6 is 0 Å². The second-order valence-electron chi connectivity index (χ2n) is 7.97. The van der Waals surface area contributed by atoms with Crippen LogP contribution in [0.1, 0.15) is 39.9 Å². The van der Waals surface area contributed by atoms with Gasteiger partial charge in [-0.05, 0) is 73.1 Å². The molecule has 0 bridgehead atoms. The van der Waals surface area contributed by atoms with Gasteiger partial charge in [0.15, 0.2) is 0 Å². The standard InChI is InChI=1S/C23H26N2O4/c1-29-20-6-2-16(3-7-20)9-13-25(28)21(26)18-5-4-17-8-10-23(15-19(17)14-18)11-12-24-22(23)27/h2-7,14,28H,8-13,15H2,1H3,(H,24,27). The van der Waals surface area contributed by atoms with E-state index >= 15 is 0 Å². The Balaban J connectivity index is 1.43. The van der Waals surface area contributed by atoms with Gasteiger partial charge in [0, 0.05) is 12.1 Å². The van der Waals surface area contributed by atoms with Gasteiger partial charge in [-0.2, -0.15) is 0 Å². The van der Waals surface area contributed by atoms with E-state index < -0.39 is 5.91 Å². The van der Waals surface area contributed by atoms with Crippen molar-refractivity contribution in [2.75, 3.05) is 20.2 Å². The summed E-state index contributed by atoms with van der Waals surface area (Å²) in [6.45, 7) is 0.928. The molecule has 1 fully saturated rings. The van der Waals surface area contributed by atoms with Crippen LogP contribution in [0, 0.1) is 5.41 Å². The van der Waals surface area contributed by atoms with Crippen molar-refractivity contribution < 1.29 is 19.5 Å². The Morgan fingerprint density at radius 3 is 2.66 bits per heavy atom. The highest BCUT2D eigenvalue weighted by molar-refractivity contribution is 5.94. The van der Waals surface area contributed by atoms with E-state index in [1.165, 1.54) is 5.56 Å². The van der Waals surface area contributed by atoms with Crippen LogP contribution in [0.15, 0.2) is 42.5 Å². The van der Waals surface area contributed by atoms with Crippen LogP contribution in [-0.2, 0) is 24.1 Å². The van der Waals surface area contributed by atoms with Gasteiger partial charge in [-0.1, -0.05) is 18.2 Å². The number of ether oxygens (including phenoxy) is 1. The first-order valence-corrected chi connectivity index (χ1v) is 10.0. The maximum atomic E-state index is 12.7. The van der Waals surface area contributed by atoms with E-state index in [4.69, 9.17) is 4.74 Å². The Bertz CT molecular complexity index is 925. The number of hydrogen-bond acceptors (Lipinski definition) is 4. The number of hydrogen-bond donors (Lipinski definition) is 2. The molecule has 152 valence electrons. The van der Waals surface area contributed by atoms with Crippen LogP contribution in [0.2, 0.25) is 0 Å². The lowest BCUT2D eigenvalue weighted by Crippen LogP contribution is -2.36. The summed E-state index contributed by atoms with van der Waals surface area (Å²) in [6, 6.07) is 13.1. The van der Waals surface area contributed by atoms with Crippen LogP contribution in [-0.4, -0.2) is 42.3 Å².